The predicted octanol–water partition coefficient (Wildman–Crippen LogP) is 2.71. The zero-order valence-electron chi connectivity index (χ0n) is 16.0. The van der Waals surface area contributed by atoms with Crippen LogP contribution in [-0.2, 0) is 9.53 Å². The number of hydrogen-bond donors (Lipinski definition) is 1. The van der Waals surface area contributed by atoms with Gasteiger partial charge in [0, 0.05) is 18.1 Å². The Morgan fingerprint density at radius 1 is 1.34 bits per heavy atom. The van der Waals surface area contributed by atoms with Crippen molar-refractivity contribution in [1.29, 1.82) is 0 Å². The summed E-state index contributed by atoms with van der Waals surface area (Å²) in [5, 5.41) is 4.43. The van der Waals surface area contributed by atoms with Crippen molar-refractivity contribution in [3.8, 4) is 11.4 Å². The van der Waals surface area contributed by atoms with Gasteiger partial charge < -0.3 is 15.4 Å². The number of ether oxygens (including phenoxy) is 1. The Hall–Kier alpha value is -3.49. The minimum Gasteiger partial charge on any atom is -0.463 e. The lowest BCUT2D eigenvalue weighted by atomic mass is 10.1. The van der Waals surface area contributed by atoms with Gasteiger partial charge in [0.25, 0.3) is 11.7 Å². The number of halogens is 1. The fourth-order valence-electron chi connectivity index (χ4n) is 3.70. The Balaban J connectivity index is 1.56. The van der Waals surface area contributed by atoms with E-state index >= 15 is 0 Å². The summed E-state index contributed by atoms with van der Waals surface area (Å²) in [6.07, 6.45) is 5.57. The number of rotatable bonds is 4. The Kier molecular flexibility index (Phi) is 3.80. The lowest BCUT2D eigenvalue weighted by Crippen LogP contribution is -2.27. The standard InChI is InChI=1S/C20H19FN6O2/c1-10-17(18(22)28)29-11(2)27(10)14-5-6-16(21)15(7-14)19-24-20-23-8-13(12-3-4-12)9-26(20)25-19/h5-9,11-12H,3-4H2,1-2H3,(H2,22,28). The molecule has 8 nitrogen and oxygen atoms in total. The lowest BCUT2D eigenvalue weighted by molar-refractivity contribution is -0.118. The number of nitrogens with two attached hydrogens (primary N) is 1. The fourth-order valence-corrected chi connectivity index (χ4v) is 3.70. The Labute approximate surface area is 165 Å². The van der Waals surface area contributed by atoms with E-state index in [1.165, 1.54) is 6.07 Å². The molecule has 0 spiro atoms. The van der Waals surface area contributed by atoms with Crippen LogP contribution in [0.5, 0.6) is 0 Å². The van der Waals surface area contributed by atoms with Crippen molar-refractivity contribution in [2.75, 3.05) is 4.90 Å². The van der Waals surface area contributed by atoms with Crippen LogP contribution in [0.1, 0.15) is 38.2 Å². The first kappa shape index (κ1) is 17.6. The van der Waals surface area contributed by atoms with Crippen molar-refractivity contribution in [2.24, 2.45) is 5.73 Å². The molecule has 1 amide bonds. The van der Waals surface area contributed by atoms with Gasteiger partial charge in [-0.2, -0.15) is 4.98 Å². The van der Waals surface area contributed by atoms with Crippen LogP contribution in [0.3, 0.4) is 0 Å². The zero-order chi connectivity index (χ0) is 20.3. The van der Waals surface area contributed by atoms with Gasteiger partial charge in [-0.15, -0.1) is 5.10 Å². The molecule has 5 rings (SSSR count). The Bertz CT molecular complexity index is 1180. The third kappa shape index (κ3) is 2.89. The number of fused-ring (bicyclic) bond motifs is 1. The quantitative estimate of drug-likeness (QED) is 0.731. The van der Waals surface area contributed by atoms with Gasteiger partial charge >= 0.3 is 0 Å². The zero-order valence-corrected chi connectivity index (χ0v) is 16.0. The molecule has 3 heterocycles. The number of allylic oxidation sites excluding steroid dienone is 1. The van der Waals surface area contributed by atoms with Crippen LogP contribution in [0.25, 0.3) is 17.2 Å². The highest BCUT2D eigenvalue weighted by molar-refractivity contribution is 5.92. The molecular formula is C20H19FN6O2. The molecule has 9 heteroatoms. The molecule has 1 fully saturated rings. The average Bonchev–Trinajstić information content (AvgIpc) is 3.38. The molecular weight excluding hydrogens is 375 g/mol. The molecule has 0 saturated heterocycles. The SMILES string of the molecule is CC1=C(C(N)=O)OC(C)N1c1ccc(F)c(-c2nc3ncc(C4CC4)cn3n2)c1. The van der Waals surface area contributed by atoms with Gasteiger partial charge in [-0.25, -0.2) is 13.9 Å². The van der Waals surface area contributed by atoms with Gasteiger partial charge in [0.2, 0.25) is 5.76 Å². The molecule has 1 saturated carbocycles. The van der Waals surface area contributed by atoms with Crippen LogP contribution in [0.15, 0.2) is 42.0 Å². The Morgan fingerprint density at radius 3 is 2.83 bits per heavy atom. The number of nitrogens with zero attached hydrogens (tertiary/aromatic N) is 5. The first-order valence-corrected chi connectivity index (χ1v) is 9.41. The molecule has 29 heavy (non-hydrogen) atoms. The third-order valence-electron chi connectivity index (χ3n) is 5.30. The summed E-state index contributed by atoms with van der Waals surface area (Å²) >= 11 is 0. The van der Waals surface area contributed by atoms with E-state index in [4.69, 9.17) is 10.5 Å². The van der Waals surface area contributed by atoms with E-state index in [1.807, 2.05) is 6.20 Å². The van der Waals surface area contributed by atoms with Gasteiger partial charge in [-0.05, 0) is 56.4 Å². The third-order valence-corrected chi connectivity index (χ3v) is 5.30. The van der Waals surface area contributed by atoms with Crippen molar-refractivity contribution < 1.29 is 13.9 Å². The van der Waals surface area contributed by atoms with Crippen LogP contribution in [0, 0.1) is 5.82 Å². The van der Waals surface area contributed by atoms with Crippen molar-refractivity contribution in [1.82, 2.24) is 19.6 Å². The number of anilines is 1. The van der Waals surface area contributed by atoms with Crippen molar-refractivity contribution in [3.63, 3.8) is 0 Å². The normalized spacial score (nSPS) is 19.1. The number of benzene rings is 1. The van der Waals surface area contributed by atoms with Gasteiger partial charge in [-0.1, -0.05) is 0 Å². The summed E-state index contributed by atoms with van der Waals surface area (Å²) in [7, 11) is 0. The summed E-state index contributed by atoms with van der Waals surface area (Å²) in [5.41, 5.74) is 7.96. The van der Waals surface area contributed by atoms with E-state index in [0.717, 1.165) is 18.4 Å². The summed E-state index contributed by atoms with van der Waals surface area (Å²) in [4.78, 5) is 22.1. The molecule has 1 aliphatic carbocycles. The molecule has 3 aromatic rings. The van der Waals surface area contributed by atoms with E-state index in [-0.39, 0.29) is 17.1 Å². The first-order chi connectivity index (χ1) is 13.9. The molecule has 2 aromatic heterocycles. The number of hydrogen-bond acceptors (Lipinski definition) is 6. The number of amides is 1. The minimum absolute atomic E-state index is 0.103. The van der Waals surface area contributed by atoms with Crippen LogP contribution >= 0.6 is 0 Å². The van der Waals surface area contributed by atoms with Crippen molar-refractivity contribution in [2.45, 2.75) is 38.8 Å². The molecule has 2 N–H and O–H groups in total. The molecule has 1 unspecified atom stereocenters. The summed E-state index contributed by atoms with van der Waals surface area (Å²) in [6.45, 7) is 3.52. The van der Waals surface area contributed by atoms with Crippen LogP contribution < -0.4 is 10.6 Å². The lowest BCUT2D eigenvalue weighted by Gasteiger charge is -2.24. The van der Waals surface area contributed by atoms with Gasteiger partial charge in [0.05, 0.1) is 11.3 Å². The smallest absolute Gasteiger partial charge is 0.285 e. The summed E-state index contributed by atoms with van der Waals surface area (Å²) < 4.78 is 21.8. The van der Waals surface area contributed by atoms with E-state index < -0.39 is 18.0 Å². The van der Waals surface area contributed by atoms with E-state index in [9.17, 15) is 9.18 Å². The molecule has 0 bridgehead atoms. The first-order valence-electron chi connectivity index (χ1n) is 9.41. The molecule has 148 valence electrons. The van der Waals surface area contributed by atoms with Crippen molar-refractivity contribution in [3.05, 3.63) is 53.4 Å². The highest BCUT2D eigenvalue weighted by atomic mass is 19.1. The van der Waals surface area contributed by atoms with Crippen LogP contribution in [-0.4, -0.2) is 31.7 Å². The molecule has 2 aliphatic rings. The second kappa shape index (κ2) is 6.26. The highest BCUT2D eigenvalue weighted by Gasteiger charge is 2.32. The maximum atomic E-state index is 14.6. The van der Waals surface area contributed by atoms with E-state index in [2.05, 4.69) is 15.1 Å². The summed E-state index contributed by atoms with van der Waals surface area (Å²) in [5.74, 6) is 0.209. The van der Waals surface area contributed by atoms with Gasteiger partial charge in [0.15, 0.2) is 12.1 Å². The maximum Gasteiger partial charge on any atom is 0.285 e. The predicted molar refractivity (Wildman–Crippen MR) is 103 cm³/mol. The maximum absolute atomic E-state index is 14.6. The fraction of sp³-hybridized carbons (Fsp3) is 0.300. The number of primary amides is 1. The molecule has 1 atom stereocenters. The van der Waals surface area contributed by atoms with Crippen LogP contribution in [0.4, 0.5) is 10.1 Å². The van der Waals surface area contributed by atoms with Crippen molar-refractivity contribution >= 4 is 17.4 Å². The summed E-state index contributed by atoms with van der Waals surface area (Å²) in [6, 6.07) is 4.60. The topological polar surface area (TPSA) is 98.6 Å². The number of aromatic nitrogens is 4. The monoisotopic (exact) mass is 394 g/mol. The van der Waals surface area contributed by atoms with Gasteiger partial charge in [-0.3, -0.25) is 4.79 Å². The minimum atomic E-state index is -0.640. The second-order valence-corrected chi connectivity index (χ2v) is 7.37. The van der Waals surface area contributed by atoms with E-state index in [0.29, 0.717) is 23.1 Å². The highest BCUT2D eigenvalue weighted by Crippen LogP contribution is 2.39. The second-order valence-electron chi connectivity index (χ2n) is 7.37. The molecule has 1 aromatic carbocycles. The Morgan fingerprint density at radius 2 is 2.14 bits per heavy atom. The average molecular weight is 394 g/mol. The van der Waals surface area contributed by atoms with E-state index in [1.54, 1.807) is 41.6 Å². The van der Waals surface area contributed by atoms with Crippen LogP contribution in [0.2, 0.25) is 0 Å². The number of carbonyl (C=O) groups excluding carboxylic acids is 1. The van der Waals surface area contributed by atoms with Gasteiger partial charge in [0.1, 0.15) is 5.82 Å². The number of carbonyl (C=O) groups is 1. The molecule has 1 aliphatic heterocycles. The largest absolute Gasteiger partial charge is 0.463 e. The molecule has 0 radical (unpaired) electrons.